The van der Waals surface area contributed by atoms with E-state index in [9.17, 15) is 9.65 Å². The maximum atomic E-state index is 14.2. The summed E-state index contributed by atoms with van der Waals surface area (Å²) in [4.78, 5) is 4.36. The molecular formula is C23H22FN7S. The zero-order valence-corrected chi connectivity index (χ0v) is 18.7. The average Bonchev–Trinajstić information content (AvgIpc) is 3.35. The number of aromatic nitrogens is 5. The van der Waals surface area contributed by atoms with Gasteiger partial charge in [0.25, 0.3) is 0 Å². The summed E-state index contributed by atoms with van der Waals surface area (Å²) < 4.78 is 18.0. The SMILES string of the molecule is Cc1cc(Sc2nn3cc(-c4cnn(C5CCNCC5)c4C)ccc3c2C#N)c(F)cn1. The predicted molar refractivity (Wildman–Crippen MR) is 120 cm³/mol. The van der Waals surface area contributed by atoms with Gasteiger partial charge >= 0.3 is 0 Å². The smallest absolute Gasteiger partial charge is 0.155 e. The number of pyridine rings is 2. The number of nitriles is 1. The summed E-state index contributed by atoms with van der Waals surface area (Å²) in [6.45, 7) is 5.91. The topological polar surface area (TPSA) is 83.8 Å². The molecule has 0 aliphatic carbocycles. The zero-order chi connectivity index (χ0) is 22.2. The maximum Gasteiger partial charge on any atom is 0.155 e. The second-order valence-corrected chi connectivity index (χ2v) is 9.00. The van der Waals surface area contributed by atoms with Crippen molar-refractivity contribution in [3.63, 3.8) is 0 Å². The molecule has 7 nitrogen and oxygen atoms in total. The number of aryl methyl sites for hydroxylation is 1. The van der Waals surface area contributed by atoms with Crippen LogP contribution in [0.3, 0.4) is 0 Å². The van der Waals surface area contributed by atoms with Crippen molar-refractivity contribution in [2.24, 2.45) is 0 Å². The minimum Gasteiger partial charge on any atom is -0.317 e. The van der Waals surface area contributed by atoms with E-state index in [0.29, 0.717) is 32.7 Å². The molecule has 1 aliphatic rings. The van der Waals surface area contributed by atoms with Gasteiger partial charge in [-0.3, -0.25) is 9.67 Å². The molecule has 0 saturated carbocycles. The first-order chi connectivity index (χ1) is 15.5. The van der Waals surface area contributed by atoms with E-state index in [1.54, 1.807) is 17.5 Å². The molecule has 162 valence electrons. The minimum atomic E-state index is -0.428. The van der Waals surface area contributed by atoms with Crippen LogP contribution in [-0.2, 0) is 0 Å². The number of halogens is 1. The quantitative estimate of drug-likeness (QED) is 0.502. The normalized spacial score (nSPS) is 14.7. The molecule has 0 bridgehead atoms. The first-order valence-electron chi connectivity index (χ1n) is 10.5. The molecule has 0 atom stereocenters. The molecule has 32 heavy (non-hydrogen) atoms. The Labute approximate surface area is 189 Å². The number of piperidine rings is 1. The molecule has 1 fully saturated rings. The van der Waals surface area contributed by atoms with E-state index >= 15 is 0 Å². The molecule has 4 aromatic heterocycles. The first-order valence-corrected chi connectivity index (χ1v) is 11.3. The number of nitrogens with one attached hydrogen (secondary N) is 1. The van der Waals surface area contributed by atoms with E-state index in [2.05, 4.69) is 38.2 Å². The number of fused-ring (bicyclic) bond motifs is 1. The molecule has 4 aromatic rings. The summed E-state index contributed by atoms with van der Waals surface area (Å²) in [5, 5.41) is 22.9. The Bertz CT molecular complexity index is 1340. The molecule has 0 unspecified atom stereocenters. The molecule has 0 amide bonds. The van der Waals surface area contributed by atoms with Crippen LogP contribution >= 0.6 is 11.8 Å². The molecule has 5 rings (SSSR count). The largest absolute Gasteiger partial charge is 0.317 e. The van der Waals surface area contributed by atoms with Gasteiger partial charge in [0.1, 0.15) is 16.7 Å². The summed E-state index contributed by atoms with van der Waals surface area (Å²) in [6.07, 6.45) is 7.14. The fraction of sp³-hybridized carbons (Fsp3) is 0.304. The van der Waals surface area contributed by atoms with Gasteiger partial charge in [-0.05, 0) is 51.9 Å². The number of hydrogen-bond donors (Lipinski definition) is 1. The molecule has 1 N–H and O–H groups in total. The van der Waals surface area contributed by atoms with Crippen molar-refractivity contribution in [3.8, 4) is 17.2 Å². The molecule has 9 heteroatoms. The molecule has 5 heterocycles. The van der Waals surface area contributed by atoms with Gasteiger partial charge in [0.15, 0.2) is 5.82 Å². The summed E-state index contributed by atoms with van der Waals surface area (Å²) in [6, 6.07) is 8.17. The summed E-state index contributed by atoms with van der Waals surface area (Å²) >= 11 is 1.14. The van der Waals surface area contributed by atoms with E-state index in [1.807, 2.05) is 24.5 Å². The van der Waals surface area contributed by atoms with Crippen molar-refractivity contribution in [2.75, 3.05) is 13.1 Å². The molecule has 1 saturated heterocycles. The maximum absolute atomic E-state index is 14.2. The van der Waals surface area contributed by atoms with Crippen LogP contribution in [0.15, 0.2) is 46.7 Å². The van der Waals surface area contributed by atoms with Crippen LogP contribution < -0.4 is 5.32 Å². The highest BCUT2D eigenvalue weighted by Crippen LogP contribution is 2.34. The van der Waals surface area contributed by atoms with Crippen LogP contribution in [0, 0.1) is 31.0 Å². The fourth-order valence-electron chi connectivity index (χ4n) is 4.19. The van der Waals surface area contributed by atoms with Crippen LogP contribution in [0.1, 0.15) is 35.8 Å². The van der Waals surface area contributed by atoms with E-state index in [4.69, 9.17) is 0 Å². The molecule has 0 radical (unpaired) electrons. The lowest BCUT2D eigenvalue weighted by Gasteiger charge is -2.24. The lowest BCUT2D eigenvalue weighted by molar-refractivity contribution is 0.338. The van der Waals surface area contributed by atoms with E-state index in [1.165, 1.54) is 6.20 Å². The van der Waals surface area contributed by atoms with Gasteiger partial charge in [-0.15, -0.1) is 0 Å². The lowest BCUT2D eigenvalue weighted by atomic mass is 10.1. The van der Waals surface area contributed by atoms with Crippen molar-refractivity contribution in [1.29, 1.82) is 5.26 Å². The van der Waals surface area contributed by atoms with Crippen LogP contribution in [-0.4, -0.2) is 37.5 Å². The van der Waals surface area contributed by atoms with Crippen molar-refractivity contribution in [2.45, 2.75) is 42.7 Å². The van der Waals surface area contributed by atoms with Gasteiger partial charge in [0.2, 0.25) is 0 Å². The van der Waals surface area contributed by atoms with E-state index in [0.717, 1.165) is 54.5 Å². The Hall–Kier alpha value is -3.22. The summed E-state index contributed by atoms with van der Waals surface area (Å²) in [5.41, 5.74) is 4.97. The third-order valence-electron chi connectivity index (χ3n) is 5.88. The molecule has 1 aliphatic heterocycles. The summed E-state index contributed by atoms with van der Waals surface area (Å²) in [7, 11) is 0. The highest BCUT2D eigenvalue weighted by atomic mass is 32.2. The second kappa shape index (κ2) is 8.37. The van der Waals surface area contributed by atoms with E-state index < -0.39 is 5.82 Å². The number of rotatable bonds is 4. The lowest BCUT2D eigenvalue weighted by Crippen LogP contribution is -2.30. The molecular weight excluding hydrogens is 425 g/mol. The zero-order valence-electron chi connectivity index (χ0n) is 17.8. The Morgan fingerprint density at radius 3 is 2.81 bits per heavy atom. The van der Waals surface area contributed by atoms with Crippen molar-refractivity contribution < 1.29 is 4.39 Å². The predicted octanol–water partition coefficient (Wildman–Crippen LogP) is 4.30. The van der Waals surface area contributed by atoms with Crippen LogP contribution in [0.25, 0.3) is 16.6 Å². The summed E-state index contributed by atoms with van der Waals surface area (Å²) in [5.74, 6) is -0.428. The highest BCUT2D eigenvalue weighted by Gasteiger charge is 2.21. The van der Waals surface area contributed by atoms with E-state index in [-0.39, 0.29) is 0 Å². The second-order valence-electron chi connectivity index (χ2n) is 7.97. The van der Waals surface area contributed by atoms with Crippen LogP contribution in [0.5, 0.6) is 0 Å². The third-order valence-corrected chi connectivity index (χ3v) is 6.89. The highest BCUT2D eigenvalue weighted by molar-refractivity contribution is 7.99. The van der Waals surface area contributed by atoms with Gasteiger partial charge in [-0.25, -0.2) is 8.91 Å². The third kappa shape index (κ3) is 3.66. The molecule has 0 spiro atoms. The fourth-order valence-corrected chi connectivity index (χ4v) is 5.16. The van der Waals surface area contributed by atoms with Gasteiger partial charge in [-0.2, -0.15) is 15.5 Å². The first kappa shape index (κ1) is 20.7. The van der Waals surface area contributed by atoms with Gasteiger partial charge in [-0.1, -0.05) is 17.8 Å². The Morgan fingerprint density at radius 2 is 2.03 bits per heavy atom. The standard InChI is InChI=1S/C23H22FN7S/c1-14-9-22(20(24)12-27-14)32-23-18(10-25)21-4-3-16(13-30(21)29-23)19-11-28-31(15(19)2)17-5-7-26-8-6-17/h3-4,9,11-13,17,26H,5-8H2,1-2H3. The van der Waals surface area contributed by atoms with Crippen molar-refractivity contribution in [3.05, 3.63) is 59.6 Å². The minimum absolute atomic E-state index is 0.400. The Morgan fingerprint density at radius 1 is 1.22 bits per heavy atom. The number of nitrogens with zero attached hydrogens (tertiary/aromatic N) is 6. The average molecular weight is 448 g/mol. The van der Waals surface area contributed by atoms with Crippen LogP contribution in [0.4, 0.5) is 4.39 Å². The van der Waals surface area contributed by atoms with Crippen LogP contribution in [0.2, 0.25) is 0 Å². The van der Waals surface area contributed by atoms with Gasteiger partial charge in [0.05, 0.1) is 28.8 Å². The van der Waals surface area contributed by atoms with Crippen molar-refractivity contribution in [1.82, 2.24) is 29.7 Å². The monoisotopic (exact) mass is 447 g/mol. The number of hydrogen-bond acceptors (Lipinski definition) is 6. The van der Waals surface area contributed by atoms with Crippen molar-refractivity contribution >= 4 is 17.3 Å². The van der Waals surface area contributed by atoms with Gasteiger partial charge in [0, 0.05) is 28.7 Å². The van der Waals surface area contributed by atoms with Gasteiger partial charge < -0.3 is 5.32 Å². The Balaban J connectivity index is 1.52. The Kier molecular flexibility index (Phi) is 5.41. The molecule has 0 aromatic carbocycles.